The molecule has 0 atom stereocenters. The van der Waals surface area contributed by atoms with Gasteiger partial charge in [0.1, 0.15) is 5.69 Å². The molecule has 0 saturated heterocycles. The van der Waals surface area contributed by atoms with Crippen molar-refractivity contribution in [1.82, 2.24) is 14.9 Å². The van der Waals surface area contributed by atoms with Gasteiger partial charge in [0.2, 0.25) is 0 Å². The van der Waals surface area contributed by atoms with Crippen LogP contribution in [-0.4, -0.2) is 38.9 Å². The Hall–Kier alpha value is -2.28. The fourth-order valence-corrected chi connectivity index (χ4v) is 2.50. The number of aromatic nitrogens is 2. The predicted octanol–water partition coefficient (Wildman–Crippen LogP) is 1.82. The molecule has 2 aromatic rings. The van der Waals surface area contributed by atoms with Gasteiger partial charge in [-0.05, 0) is 19.1 Å². The van der Waals surface area contributed by atoms with Crippen molar-refractivity contribution in [2.45, 2.75) is 13.5 Å². The van der Waals surface area contributed by atoms with Crippen molar-refractivity contribution in [3.8, 4) is 0 Å². The van der Waals surface area contributed by atoms with E-state index in [1.54, 1.807) is 12.6 Å². The molecule has 2 heterocycles. The normalized spacial score (nSPS) is 10.3. The standard InChI is InChI=1S/C13H13N3O3S/c1-8-11(20-7-15-8)6-16(2)12(17)9-3-4-14-10(5-9)13(18)19/h3-5,7H,6H2,1-2H3,(H,18,19). The van der Waals surface area contributed by atoms with Gasteiger partial charge in [0.05, 0.1) is 17.7 Å². The maximum absolute atomic E-state index is 12.2. The number of carbonyl (C=O) groups excluding carboxylic acids is 1. The molecule has 2 aromatic heterocycles. The third kappa shape index (κ3) is 3.00. The summed E-state index contributed by atoms with van der Waals surface area (Å²) in [5.41, 5.74) is 2.80. The minimum atomic E-state index is -1.15. The van der Waals surface area contributed by atoms with E-state index in [1.807, 2.05) is 6.92 Å². The number of amides is 1. The molecule has 2 rings (SSSR count). The van der Waals surface area contributed by atoms with Crippen LogP contribution < -0.4 is 0 Å². The molecule has 0 radical (unpaired) electrons. The molecule has 1 amide bonds. The molecule has 6 nitrogen and oxygen atoms in total. The average Bonchev–Trinajstić information content (AvgIpc) is 2.83. The molecule has 104 valence electrons. The number of pyridine rings is 1. The number of thiazole rings is 1. The van der Waals surface area contributed by atoms with Gasteiger partial charge in [0, 0.05) is 23.7 Å². The van der Waals surface area contributed by atoms with E-state index in [4.69, 9.17) is 5.11 Å². The zero-order valence-electron chi connectivity index (χ0n) is 11.0. The van der Waals surface area contributed by atoms with E-state index in [0.717, 1.165) is 10.6 Å². The minimum absolute atomic E-state index is 0.141. The summed E-state index contributed by atoms with van der Waals surface area (Å²) in [4.78, 5) is 33.5. The topological polar surface area (TPSA) is 83.4 Å². The SMILES string of the molecule is Cc1ncsc1CN(C)C(=O)c1ccnc(C(=O)O)c1. The van der Waals surface area contributed by atoms with Crippen molar-refractivity contribution in [1.29, 1.82) is 0 Å². The Morgan fingerprint density at radius 3 is 2.75 bits per heavy atom. The Kier molecular flexibility index (Phi) is 4.09. The van der Waals surface area contributed by atoms with Gasteiger partial charge in [-0.2, -0.15) is 0 Å². The highest BCUT2D eigenvalue weighted by Gasteiger charge is 2.16. The second-order valence-electron chi connectivity index (χ2n) is 4.26. The van der Waals surface area contributed by atoms with Crippen LogP contribution in [0.2, 0.25) is 0 Å². The van der Waals surface area contributed by atoms with Crippen LogP contribution in [-0.2, 0) is 6.54 Å². The maximum atomic E-state index is 12.2. The smallest absolute Gasteiger partial charge is 0.354 e. The second kappa shape index (κ2) is 5.79. The molecule has 7 heteroatoms. The number of rotatable bonds is 4. The Morgan fingerprint density at radius 2 is 2.15 bits per heavy atom. The number of aryl methyl sites for hydroxylation is 1. The quantitative estimate of drug-likeness (QED) is 0.929. The van der Waals surface area contributed by atoms with Crippen LogP contribution in [0.3, 0.4) is 0 Å². The molecule has 0 aliphatic rings. The largest absolute Gasteiger partial charge is 0.477 e. The number of nitrogens with zero attached hydrogens (tertiary/aromatic N) is 3. The first-order valence-corrected chi connectivity index (χ1v) is 6.70. The van der Waals surface area contributed by atoms with Crippen LogP contribution in [0.5, 0.6) is 0 Å². The number of carbonyl (C=O) groups is 2. The van der Waals surface area contributed by atoms with Gasteiger partial charge in [0.25, 0.3) is 5.91 Å². The van der Waals surface area contributed by atoms with Crippen LogP contribution in [0, 0.1) is 6.92 Å². The highest BCUT2D eigenvalue weighted by atomic mass is 32.1. The van der Waals surface area contributed by atoms with Gasteiger partial charge in [-0.25, -0.2) is 14.8 Å². The van der Waals surface area contributed by atoms with Crippen LogP contribution in [0.1, 0.15) is 31.4 Å². The van der Waals surface area contributed by atoms with Crippen LogP contribution in [0.4, 0.5) is 0 Å². The Bertz CT molecular complexity index is 654. The van der Waals surface area contributed by atoms with Crippen LogP contribution >= 0.6 is 11.3 Å². The summed E-state index contributed by atoms with van der Waals surface area (Å²) >= 11 is 1.49. The molecule has 0 spiro atoms. The van der Waals surface area contributed by atoms with E-state index < -0.39 is 5.97 Å². The average molecular weight is 291 g/mol. The molecule has 0 unspecified atom stereocenters. The Morgan fingerprint density at radius 1 is 1.40 bits per heavy atom. The van der Waals surface area contributed by atoms with E-state index in [-0.39, 0.29) is 11.6 Å². The first kappa shape index (κ1) is 14.1. The second-order valence-corrected chi connectivity index (χ2v) is 5.20. The molecular weight excluding hydrogens is 278 g/mol. The summed E-state index contributed by atoms with van der Waals surface area (Å²) in [6.07, 6.45) is 1.32. The van der Waals surface area contributed by atoms with Crippen molar-refractivity contribution < 1.29 is 14.7 Å². The fraction of sp³-hybridized carbons (Fsp3) is 0.231. The molecule has 0 aromatic carbocycles. The number of aromatic carboxylic acids is 1. The first-order valence-electron chi connectivity index (χ1n) is 5.83. The molecular formula is C13H13N3O3S. The molecule has 1 N–H and O–H groups in total. The minimum Gasteiger partial charge on any atom is -0.477 e. The summed E-state index contributed by atoms with van der Waals surface area (Å²) < 4.78 is 0. The van der Waals surface area contributed by atoms with E-state index >= 15 is 0 Å². The maximum Gasteiger partial charge on any atom is 0.354 e. The van der Waals surface area contributed by atoms with Gasteiger partial charge in [-0.15, -0.1) is 11.3 Å². The van der Waals surface area contributed by atoms with Crippen molar-refractivity contribution in [3.63, 3.8) is 0 Å². The van der Waals surface area contributed by atoms with E-state index in [9.17, 15) is 9.59 Å². The van der Waals surface area contributed by atoms with Gasteiger partial charge < -0.3 is 10.0 Å². The molecule has 0 aliphatic heterocycles. The molecule has 0 saturated carbocycles. The molecule has 20 heavy (non-hydrogen) atoms. The summed E-state index contributed by atoms with van der Waals surface area (Å²) in [5, 5.41) is 8.88. The number of carboxylic acid groups (broad SMARTS) is 1. The van der Waals surface area contributed by atoms with Crippen LogP contribution in [0.25, 0.3) is 0 Å². The zero-order valence-corrected chi connectivity index (χ0v) is 11.8. The molecule has 0 bridgehead atoms. The fourth-order valence-electron chi connectivity index (χ4n) is 1.67. The monoisotopic (exact) mass is 291 g/mol. The lowest BCUT2D eigenvalue weighted by atomic mass is 10.2. The predicted molar refractivity (Wildman–Crippen MR) is 73.8 cm³/mol. The summed E-state index contributed by atoms with van der Waals surface area (Å²) in [6, 6.07) is 2.78. The highest BCUT2D eigenvalue weighted by molar-refractivity contribution is 7.09. The number of hydrogen-bond donors (Lipinski definition) is 1. The van der Waals surface area contributed by atoms with Crippen molar-refractivity contribution in [2.24, 2.45) is 0 Å². The summed E-state index contributed by atoms with van der Waals surface area (Å²) in [7, 11) is 1.67. The lowest BCUT2D eigenvalue weighted by Crippen LogP contribution is -2.26. The number of hydrogen-bond acceptors (Lipinski definition) is 5. The van der Waals surface area contributed by atoms with E-state index in [0.29, 0.717) is 12.1 Å². The first-order chi connectivity index (χ1) is 9.49. The third-order valence-electron chi connectivity index (χ3n) is 2.80. The van der Waals surface area contributed by atoms with E-state index in [2.05, 4.69) is 9.97 Å². The van der Waals surface area contributed by atoms with E-state index in [1.165, 1.54) is 34.6 Å². The molecule has 0 fully saturated rings. The van der Waals surface area contributed by atoms with Gasteiger partial charge in [-0.1, -0.05) is 0 Å². The Balaban J connectivity index is 2.16. The Labute approximate surface area is 119 Å². The zero-order chi connectivity index (χ0) is 14.7. The number of carboxylic acids is 1. The lowest BCUT2D eigenvalue weighted by molar-refractivity contribution is 0.0690. The summed E-state index contributed by atoms with van der Waals surface area (Å²) in [6.45, 7) is 2.33. The van der Waals surface area contributed by atoms with Crippen molar-refractivity contribution in [3.05, 3.63) is 45.7 Å². The molecule has 0 aliphatic carbocycles. The van der Waals surface area contributed by atoms with Gasteiger partial charge >= 0.3 is 5.97 Å². The van der Waals surface area contributed by atoms with Crippen molar-refractivity contribution in [2.75, 3.05) is 7.05 Å². The third-order valence-corrected chi connectivity index (χ3v) is 3.72. The van der Waals surface area contributed by atoms with Gasteiger partial charge in [0.15, 0.2) is 0 Å². The lowest BCUT2D eigenvalue weighted by Gasteiger charge is -2.16. The van der Waals surface area contributed by atoms with Crippen LogP contribution in [0.15, 0.2) is 23.8 Å². The van der Waals surface area contributed by atoms with Gasteiger partial charge in [-0.3, -0.25) is 4.79 Å². The van der Waals surface area contributed by atoms with Crippen molar-refractivity contribution >= 4 is 23.2 Å². The highest BCUT2D eigenvalue weighted by Crippen LogP contribution is 2.15. The summed E-state index contributed by atoms with van der Waals surface area (Å²) in [5.74, 6) is -1.40.